The van der Waals surface area contributed by atoms with Crippen LogP contribution in [0.15, 0.2) is 18.2 Å². The third kappa shape index (κ3) is 2.08. The molecule has 0 atom stereocenters. The fraction of sp³-hybridized carbons (Fsp3) is 0.333. The van der Waals surface area contributed by atoms with Gasteiger partial charge in [-0.25, -0.2) is 0 Å². The number of rotatable bonds is 2. The molecule has 1 aromatic rings. The van der Waals surface area contributed by atoms with E-state index in [0.717, 1.165) is 0 Å². The highest BCUT2D eigenvalue weighted by Gasteiger charge is 2.23. The van der Waals surface area contributed by atoms with E-state index in [0.29, 0.717) is 23.5 Å². The van der Waals surface area contributed by atoms with Crippen LogP contribution in [0.3, 0.4) is 0 Å². The molecular formula is C12H14N2O3. The van der Waals surface area contributed by atoms with Crippen LogP contribution in [0.2, 0.25) is 0 Å². The molecule has 5 nitrogen and oxygen atoms in total. The van der Waals surface area contributed by atoms with Crippen LogP contribution in [-0.2, 0) is 4.79 Å². The number of amides is 2. The van der Waals surface area contributed by atoms with Gasteiger partial charge in [0.05, 0.1) is 5.69 Å². The van der Waals surface area contributed by atoms with Gasteiger partial charge in [-0.2, -0.15) is 0 Å². The monoisotopic (exact) mass is 234 g/mol. The summed E-state index contributed by atoms with van der Waals surface area (Å²) in [5, 5.41) is 2.71. The fourth-order valence-corrected chi connectivity index (χ4v) is 1.68. The van der Waals surface area contributed by atoms with Gasteiger partial charge in [-0.3, -0.25) is 9.59 Å². The number of likely N-dealkylation sites (N-methyl/N-ethyl adjacent to an activating group) is 1. The number of fused-ring (bicyclic) bond motifs is 1. The van der Waals surface area contributed by atoms with Crippen LogP contribution in [-0.4, -0.2) is 32.0 Å². The summed E-state index contributed by atoms with van der Waals surface area (Å²) in [4.78, 5) is 24.6. The van der Waals surface area contributed by atoms with Crippen molar-refractivity contribution in [2.75, 3.05) is 25.1 Å². The maximum absolute atomic E-state index is 11.7. The Hall–Kier alpha value is -2.04. The molecule has 1 N–H and O–H groups in total. The van der Waals surface area contributed by atoms with E-state index in [1.54, 1.807) is 25.2 Å². The average Bonchev–Trinajstić information content (AvgIpc) is 2.34. The van der Waals surface area contributed by atoms with E-state index < -0.39 is 0 Å². The van der Waals surface area contributed by atoms with Crippen molar-refractivity contribution in [2.24, 2.45) is 0 Å². The summed E-state index contributed by atoms with van der Waals surface area (Å²) in [6, 6.07) is 5.06. The van der Waals surface area contributed by atoms with E-state index in [9.17, 15) is 9.59 Å². The molecule has 1 aliphatic heterocycles. The lowest BCUT2D eigenvalue weighted by molar-refractivity contribution is -0.120. The number of ether oxygens (including phenoxy) is 1. The third-order valence-electron chi connectivity index (χ3n) is 2.65. The quantitative estimate of drug-likeness (QED) is 0.823. The Bertz CT molecular complexity index is 471. The van der Waals surface area contributed by atoms with Gasteiger partial charge < -0.3 is 15.0 Å². The molecule has 0 saturated carbocycles. The summed E-state index contributed by atoms with van der Waals surface area (Å²) in [5.41, 5.74) is 1.15. The highest BCUT2D eigenvalue weighted by molar-refractivity contribution is 6.00. The van der Waals surface area contributed by atoms with Gasteiger partial charge in [0.25, 0.3) is 11.8 Å². The minimum absolute atomic E-state index is 0.0456. The molecule has 5 heteroatoms. The molecule has 17 heavy (non-hydrogen) atoms. The molecule has 0 radical (unpaired) electrons. The van der Waals surface area contributed by atoms with Crippen molar-refractivity contribution in [3.63, 3.8) is 0 Å². The van der Waals surface area contributed by atoms with Crippen LogP contribution in [0.25, 0.3) is 0 Å². The van der Waals surface area contributed by atoms with Crippen molar-refractivity contribution in [1.82, 2.24) is 5.32 Å². The zero-order valence-electron chi connectivity index (χ0n) is 9.82. The highest BCUT2D eigenvalue weighted by atomic mass is 16.5. The molecule has 0 spiro atoms. The van der Waals surface area contributed by atoms with Gasteiger partial charge >= 0.3 is 0 Å². The number of benzene rings is 1. The van der Waals surface area contributed by atoms with Crippen molar-refractivity contribution >= 4 is 17.5 Å². The lowest BCUT2D eigenvalue weighted by Crippen LogP contribution is -2.35. The summed E-state index contributed by atoms with van der Waals surface area (Å²) in [5.74, 6) is 0.354. The Balaban J connectivity index is 2.35. The summed E-state index contributed by atoms with van der Waals surface area (Å²) in [7, 11) is 1.67. The minimum Gasteiger partial charge on any atom is -0.482 e. The number of nitrogens with one attached hydrogen (secondary N) is 1. The van der Waals surface area contributed by atoms with Gasteiger partial charge in [0, 0.05) is 19.2 Å². The van der Waals surface area contributed by atoms with Crippen LogP contribution < -0.4 is 15.0 Å². The van der Waals surface area contributed by atoms with Gasteiger partial charge in [0.1, 0.15) is 5.75 Å². The number of anilines is 1. The van der Waals surface area contributed by atoms with E-state index >= 15 is 0 Å². The molecule has 0 unspecified atom stereocenters. The third-order valence-corrected chi connectivity index (χ3v) is 2.65. The van der Waals surface area contributed by atoms with E-state index in [1.807, 2.05) is 6.92 Å². The molecule has 90 valence electrons. The lowest BCUT2D eigenvalue weighted by atomic mass is 10.1. The number of carbonyl (C=O) groups excluding carboxylic acids is 2. The Kier molecular flexibility index (Phi) is 2.99. The molecule has 0 saturated heterocycles. The van der Waals surface area contributed by atoms with E-state index in [2.05, 4.69) is 5.32 Å². The van der Waals surface area contributed by atoms with Gasteiger partial charge in [-0.05, 0) is 25.1 Å². The van der Waals surface area contributed by atoms with Gasteiger partial charge in [-0.15, -0.1) is 0 Å². The average molecular weight is 234 g/mol. The van der Waals surface area contributed by atoms with Crippen molar-refractivity contribution < 1.29 is 14.3 Å². The molecule has 0 aromatic heterocycles. The van der Waals surface area contributed by atoms with E-state index in [1.165, 1.54) is 4.90 Å². The Labute approximate surface area is 99.4 Å². The molecule has 0 fully saturated rings. The molecule has 2 amide bonds. The number of nitrogens with zero attached hydrogens (tertiary/aromatic N) is 1. The summed E-state index contributed by atoms with van der Waals surface area (Å²) >= 11 is 0. The topological polar surface area (TPSA) is 58.6 Å². The number of hydrogen-bond donors (Lipinski definition) is 1. The van der Waals surface area contributed by atoms with Crippen molar-refractivity contribution in [3.05, 3.63) is 23.8 Å². The highest BCUT2D eigenvalue weighted by Crippen LogP contribution is 2.31. The number of hydrogen-bond acceptors (Lipinski definition) is 3. The lowest BCUT2D eigenvalue weighted by Gasteiger charge is -2.26. The van der Waals surface area contributed by atoms with Gasteiger partial charge in [-0.1, -0.05) is 0 Å². The van der Waals surface area contributed by atoms with Gasteiger partial charge in [0.15, 0.2) is 6.61 Å². The Morgan fingerprint density at radius 2 is 2.29 bits per heavy atom. The maximum Gasteiger partial charge on any atom is 0.264 e. The summed E-state index contributed by atoms with van der Waals surface area (Å²) < 4.78 is 5.28. The molecule has 1 aromatic carbocycles. The number of carbonyl (C=O) groups is 2. The van der Waals surface area contributed by atoms with Gasteiger partial charge in [0.2, 0.25) is 0 Å². The van der Waals surface area contributed by atoms with Crippen molar-refractivity contribution in [2.45, 2.75) is 6.92 Å². The van der Waals surface area contributed by atoms with Crippen LogP contribution in [0, 0.1) is 0 Å². The first kappa shape index (κ1) is 11.4. The second kappa shape index (κ2) is 4.45. The first-order valence-electron chi connectivity index (χ1n) is 5.45. The maximum atomic E-state index is 11.7. The van der Waals surface area contributed by atoms with Crippen LogP contribution in [0.5, 0.6) is 5.75 Å². The normalized spacial score (nSPS) is 14.0. The molecular weight excluding hydrogens is 220 g/mol. The van der Waals surface area contributed by atoms with Crippen LogP contribution in [0.1, 0.15) is 17.3 Å². The predicted octanol–water partition coefficient (Wildman–Crippen LogP) is 0.792. The zero-order valence-corrected chi connectivity index (χ0v) is 9.82. The largest absolute Gasteiger partial charge is 0.482 e. The standard InChI is InChI=1S/C12H14N2O3/c1-3-13-12(16)8-4-5-10-9(6-8)14(2)11(15)7-17-10/h4-6H,3,7H2,1-2H3,(H,13,16). The molecule has 0 aliphatic carbocycles. The first-order chi connectivity index (χ1) is 8.13. The molecule has 1 aliphatic rings. The predicted molar refractivity (Wildman–Crippen MR) is 63.4 cm³/mol. The smallest absolute Gasteiger partial charge is 0.264 e. The molecule has 1 heterocycles. The zero-order chi connectivity index (χ0) is 12.4. The Morgan fingerprint density at radius 3 is 3.00 bits per heavy atom. The SMILES string of the molecule is CCNC(=O)c1ccc2c(c1)N(C)C(=O)CO2. The van der Waals surface area contributed by atoms with Crippen LogP contribution in [0.4, 0.5) is 5.69 Å². The van der Waals surface area contributed by atoms with E-state index in [4.69, 9.17) is 4.74 Å². The molecule has 2 rings (SSSR count). The second-order valence-corrected chi connectivity index (χ2v) is 3.78. The first-order valence-corrected chi connectivity index (χ1v) is 5.45. The van der Waals surface area contributed by atoms with Crippen molar-refractivity contribution in [1.29, 1.82) is 0 Å². The van der Waals surface area contributed by atoms with E-state index in [-0.39, 0.29) is 18.4 Å². The second-order valence-electron chi connectivity index (χ2n) is 3.78. The summed E-state index contributed by atoms with van der Waals surface area (Å²) in [6.07, 6.45) is 0. The van der Waals surface area contributed by atoms with Crippen molar-refractivity contribution in [3.8, 4) is 5.75 Å². The summed E-state index contributed by atoms with van der Waals surface area (Å²) in [6.45, 7) is 2.47. The molecule has 0 bridgehead atoms. The Morgan fingerprint density at radius 1 is 1.53 bits per heavy atom. The fourth-order valence-electron chi connectivity index (χ4n) is 1.68. The minimum atomic E-state index is -0.151. The van der Waals surface area contributed by atoms with Crippen LogP contribution >= 0.6 is 0 Å².